The minimum atomic E-state index is -0.594. The van der Waals surface area contributed by atoms with E-state index in [0.29, 0.717) is 70.8 Å². The number of aliphatic hydroxyl groups is 4. The first kappa shape index (κ1) is 52.3. The average molecular weight is 1140 g/mol. The number of aromatic hydroxyl groups is 4. The van der Waals surface area contributed by atoms with Gasteiger partial charge in [0, 0.05) is 91.8 Å². The van der Waals surface area contributed by atoms with Crippen molar-refractivity contribution >= 4 is 0 Å². The lowest BCUT2D eigenvalue weighted by atomic mass is 9.53. The molecule has 0 radical (unpaired) electrons. The van der Waals surface area contributed by atoms with E-state index in [1.807, 2.05) is 48.6 Å². The van der Waals surface area contributed by atoms with Crippen molar-refractivity contribution in [3.8, 4) is 46.0 Å². The topological polar surface area (TPSA) is 212 Å². The fourth-order valence-corrected chi connectivity index (χ4v) is 21.0. The molecule has 8 bridgehead atoms. The highest BCUT2D eigenvalue weighted by Crippen LogP contribution is 2.67. The Bertz CT molecular complexity index is 3140. The third-order valence-corrected chi connectivity index (χ3v) is 24.6. The van der Waals surface area contributed by atoms with Gasteiger partial charge in [0.25, 0.3) is 0 Å². The Balaban J connectivity index is 0.0000000882. The van der Waals surface area contributed by atoms with E-state index in [4.69, 9.17) is 18.9 Å². The first-order valence-corrected chi connectivity index (χ1v) is 30.9. The van der Waals surface area contributed by atoms with Gasteiger partial charge in [-0.1, -0.05) is 72.9 Å². The molecule has 4 spiro atoms. The van der Waals surface area contributed by atoms with Gasteiger partial charge in [0.2, 0.25) is 0 Å². The van der Waals surface area contributed by atoms with E-state index in [0.717, 1.165) is 77.5 Å². The van der Waals surface area contributed by atoms with Gasteiger partial charge in [0.05, 0.1) is 0 Å². The van der Waals surface area contributed by atoms with Crippen LogP contribution in [-0.4, -0.2) is 188 Å². The van der Waals surface area contributed by atoms with Crippen LogP contribution in [0.25, 0.3) is 0 Å². The fourth-order valence-electron chi connectivity index (χ4n) is 21.0. The lowest BCUT2D eigenvalue weighted by molar-refractivity contribution is -0.0453. The number of phenolic OH excluding ortho intramolecular Hbond substituents is 4. The number of piperidine rings is 4. The Morgan fingerprint density at radius 2 is 0.548 bits per heavy atom. The maximum Gasteiger partial charge on any atom is 0.165 e. The number of rotatable bonds is 0. The first-order valence-electron chi connectivity index (χ1n) is 30.9. The highest BCUT2D eigenvalue weighted by molar-refractivity contribution is 5.66. The van der Waals surface area contributed by atoms with Crippen LogP contribution in [0.2, 0.25) is 0 Å². The number of nitrogens with zero attached hydrogens (tertiary/aromatic N) is 4. The number of likely N-dealkylation sites (N-methyl/N-ethyl adjacent to an activating group) is 4. The summed E-state index contributed by atoms with van der Waals surface area (Å²) in [5.74, 6) is 4.76. The summed E-state index contributed by atoms with van der Waals surface area (Å²) >= 11 is 0. The minimum Gasteiger partial charge on any atom is -0.504 e. The van der Waals surface area contributed by atoms with Gasteiger partial charge < -0.3 is 79.4 Å². The molecule has 8 N–H and O–H groups in total. The third-order valence-electron chi connectivity index (χ3n) is 24.6. The second-order valence-electron chi connectivity index (χ2n) is 27.7. The smallest absolute Gasteiger partial charge is 0.165 e. The highest BCUT2D eigenvalue weighted by atomic mass is 16.5. The van der Waals surface area contributed by atoms with Crippen molar-refractivity contribution in [2.45, 2.75) is 146 Å². The van der Waals surface area contributed by atoms with E-state index < -0.39 is 24.4 Å². The molecule has 4 aromatic carbocycles. The molecule has 440 valence electrons. The second-order valence-corrected chi connectivity index (χ2v) is 27.7. The van der Waals surface area contributed by atoms with Crippen LogP contribution < -0.4 is 18.9 Å². The molecule has 84 heavy (non-hydrogen) atoms. The summed E-state index contributed by atoms with van der Waals surface area (Å²) in [4.78, 5) is 9.73. The number of phenols is 4. The Kier molecular flexibility index (Phi) is 11.1. The van der Waals surface area contributed by atoms with Crippen LogP contribution in [-0.2, 0) is 47.3 Å². The van der Waals surface area contributed by atoms with E-state index in [2.05, 4.69) is 72.1 Å². The standard InChI is InChI=1S/4C17H19NO3/c4*1-18-7-6-17-10-3-5-13(20)16(17)21-15-12(19)4-2-9(14(15)17)8-11(10)18/h4*2-5,10-11,13,16,19-20H,6-8H2,1H3/t4*10-,11+,13-,16-,17-/m0000/s1. The van der Waals surface area contributed by atoms with Crippen molar-refractivity contribution in [1.29, 1.82) is 0 Å². The van der Waals surface area contributed by atoms with Crippen molar-refractivity contribution in [3.05, 3.63) is 142 Å². The number of aliphatic hydroxyl groups excluding tert-OH is 4. The molecule has 0 amide bonds. The second kappa shape index (κ2) is 17.8. The van der Waals surface area contributed by atoms with E-state index >= 15 is 0 Å². The molecule has 0 saturated carbocycles. The summed E-state index contributed by atoms with van der Waals surface area (Å²) in [5.41, 5.74) is 9.16. The first-order chi connectivity index (χ1) is 40.5. The van der Waals surface area contributed by atoms with Gasteiger partial charge in [-0.05, 0) is 152 Å². The predicted octanol–water partition coefficient (Wildman–Crippen LogP) is 4.79. The van der Waals surface area contributed by atoms with Gasteiger partial charge in [-0.2, -0.15) is 0 Å². The van der Waals surface area contributed by atoms with Crippen molar-refractivity contribution < 1.29 is 59.8 Å². The van der Waals surface area contributed by atoms with Gasteiger partial charge in [-0.15, -0.1) is 0 Å². The van der Waals surface area contributed by atoms with Crippen LogP contribution in [0.1, 0.15) is 70.2 Å². The summed E-state index contributed by atoms with van der Waals surface area (Å²) < 4.78 is 24.3. The van der Waals surface area contributed by atoms with Crippen molar-refractivity contribution in [2.24, 2.45) is 23.7 Å². The molecule has 8 heterocycles. The molecule has 8 aliphatic carbocycles. The Morgan fingerprint density at radius 3 is 0.762 bits per heavy atom. The predicted molar refractivity (Wildman–Crippen MR) is 310 cm³/mol. The zero-order valence-corrected chi connectivity index (χ0v) is 48.0. The van der Waals surface area contributed by atoms with Crippen LogP contribution in [0.15, 0.2) is 97.1 Å². The number of hydrogen-bond donors (Lipinski definition) is 8. The minimum absolute atomic E-state index is 0.160. The van der Waals surface area contributed by atoms with Crippen LogP contribution in [0, 0.1) is 23.7 Å². The van der Waals surface area contributed by atoms with Crippen LogP contribution in [0.4, 0.5) is 0 Å². The third kappa shape index (κ3) is 6.41. The summed E-state index contributed by atoms with van der Waals surface area (Å²) in [7, 11) is 8.75. The van der Waals surface area contributed by atoms with Crippen LogP contribution in [0.3, 0.4) is 0 Å². The molecule has 0 aromatic heterocycles. The quantitative estimate of drug-likeness (QED) is 0.111. The van der Waals surface area contributed by atoms with Gasteiger partial charge >= 0.3 is 0 Å². The van der Waals surface area contributed by atoms with E-state index in [1.165, 1.54) is 44.5 Å². The number of likely N-dealkylation sites (tertiary alicyclic amines) is 4. The zero-order valence-electron chi connectivity index (χ0n) is 48.0. The van der Waals surface area contributed by atoms with E-state index in [9.17, 15) is 40.9 Å². The highest BCUT2D eigenvalue weighted by Gasteiger charge is 2.68. The Labute approximate surface area is 489 Å². The molecule has 4 aromatic rings. The molecule has 16 heteroatoms. The Morgan fingerprint density at radius 1 is 0.333 bits per heavy atom. The largest absolute Gasteiger partial charge is 0.504 e. The molecule has 8 aliphatic heterocycles. The maximum absolute atomic E-state index is 10.4. The molecule has 16 aliphatic rings. The van der Waals surface area contributed by atoms with Crippen LogP contribution >= 0.6 is 0 Å². The van der Waals surface area contributed by atoms with E-state index in [1.54, 1.807) is 24.3 Å². The van der Waals surface area contributed by atoms with Gasteiger partial charge in [-0.25, -0.2) is 0 Å². The van der Waals surface area contributed by atoms with Gasteiger partial charge in [-0.3, -0.25) is 0 Å². The summed E-state index contributed by atoms with van der Waals surface area (Å²) in [6, 6.07) is 16.9. The number of ether oxygens (including phenoxy) is 4. The van der Waals surface area contributed by atoms with Crippen LogP contribution in [0.5, 0.6) is 46.0 Å². The molecule has 0 unspecified atom stereocenters. The summed E-state index contributed by atoms with van der Waals surface area (Å²) in [6.45, 7) is 4.04. The summed E-state index contributed by atoms with van der Waals surface area (Å²) in [6.07, 6.45) is 20.7. The molecule has 4 fully saturated rings. The Hall–Kier alpha value is -6.08. The number of hydrogen-bond acceptors (Lipinski definition) is 16. The normalized spacial score (nSPS) is 42.6. The van der Waals surface area contributed by atoms with E-state index in [-0.39, 0.29) is 69.1 Å². The molecular weight excluding hydrogens is 1060 g/mol. The molecule has 4 saturated heterocycles. The SMILES string of the molecule is CN1CC[C@]23c4c5ccc(O)c4O[C@H]2[C@@H](O)C=C[C@H]3[C@H]1C5.CN1CC[C@]23c4c5ccc(O)c4O[C@H]2[C@@H](O)C=C[C@H]3[C@H]1C5.CN1CC[C@]23c4c5ccc(O)c4O[C@H]2[C@@H](O)C=C[C@H]3[C@H]1C5.CN1CC[C@]23c4c5ccc(O)c4O[C@H]2[C@@H](O)C=C[C@H]3[C@H]1C5. The van der Waals surface area contributed by atoms with Crippen molar-refractivity contribution in [2.75, 3.05) is 54.4 Å². The lowest BCUT2D eigenvalue weighted by Crippen LogP contribution is -2.64. The van der Waals surface area contributed by atoms with Gasteiger partial charge in [0.1, 0.15) is 48.8 Å². The van der Waals surface area contributed by atoms with Crippen molar-refractivity contribution in [1.82, 2.24) is 19.6 Å². The molecule has 20 rings (SSSR count). The maximum atomic E-state index is 10.4. The summed E-state index contributed by atoms with van der Waals surface area (Å²) in [5, 5.41) is 82.6. The number of benzene rings is 4. The monoisotopic (exact) mass is 1140 g/mol. The molecule has 16 nitrogen and oxygen atoms in total. The van der Waals surface area contributed by atoms with Crippen molar-refractivity contribution in [3.63, 3.8) is 0 Å². The lowest BCUT2D eigenvalue weighted by Gasteiger charge is -2.56. The average Bonchev–Trinajstić information content (AvgIpc) is 1.60. The fraction of sp³-hybridized carbons (Fsp3) is 0.529. The van der Waals surface area contributed by atoms with Gasteiger partial charge in [0.15, 0.2) is 46.0 Å². The molecular formula is C68H76N4O12. The molecule has 20 atom stereocenters. The zero-order chi connectivity index (χ0) is 57.4.